The molecule has 0 unspecified atom stereocenters. The lowest BCUT2D eigenvalue weighted by Crippen LogP contribution is -2.19. The molecule has 0 aliphatic rings. The van der Waals surface area contributed by atoms with Crippen molar-refractivity contribution in [1.29, 1.82) is 0 Å². The summed E-state index contributed by atoms with van der Waals surface area (Å²) in [5.74, 6) is 0.412. The normalized spacial score (nSPS) is 12.1. The van der Waals surface area contributed by atoms with Gasteiger partial charge in [-0.25, -0.2) is 4.68 Å². The Morgan fingerprint density at radius 2 is 1.84 bits per heavy atom. The minimum atomic E-state index is -4.40. The molecule has 0 saturated heterocycles. The Kier molecular flexibility index (Phi) is 4.67. The molecule has 1 aromatic heterocycles. The van der Waals surface area contributed by atoms with E-state index in [1.807, 2.05) is 37.2 Å². The van der Waals surface area contributed by atoms with Gasteiger partial charge in [-0.3, -0.25) is 0 Å². The number of alkyl halides is 3. The van der Waals surface area contributed by atoms with Crippen LogP contribution < -0.4 is 4.74 Å². The van der Waals surface area contributed by atoms with E-state index in [0.29, 0.717) is 30.2 Å². The molecule has 0 bridgehead atoms. The second-order valence-electron chi connectivity index (χ2n) is 5.93. The summed E-state index contributed by atoms with van der Waals surface area (Å²) >= 11 is 0. The molecule has 3 rings (SSSR count). The molecular formula is C18H18F3N3O. The number of nitrogens with zero attached hydrogens (tertiary/aromatic N) is 3. The summed E-state index contributed by atoms with van der Waals surface area (Å²) in [6.45, 7) is 1.15. The fourth-order valence-electron chi connectivity index (χ4n) is 2.48. The van der Waals surface area contributed by atoms with Crippen LogP contribution >= 0.6 is 0 Å². The van der Waals surface area contributed by atoms with Crippen LogP contribution in [0.2, 0.25) is 0 Å². The highest BCUT2D eigenvalue weighted by molar-refractivity contribution is 5.86. The molecular weight excluding hydrogens is 331 g/mol. The van der Waals surface area contributed by atoms with Crippen LogP contribution in [0.5, 0.6) is 5.88 Å². The van der Waals surface area contributed by atoms with E-state index in [1.165, 1.54) is 10.7 Å². The van der Waals surface area contributed by atoms with Crippen molar-refractivity contribution >= 4 is 10.9 Å². The molecule has 0 saturated carbocycles. The maximum atomic E-state index is 13.0. The Labute approximate surface area is 143 Å². The van der Waals surface area contributed by atoms with E-state index in [0.717, 1.165) is 17.5 Å². The van der Waals surface area contributed by atoms with Gasteiger partial charge in [0, 0.05) is 6.54 Å². The van der Waals surface area contributed by atoms with Crippen molar-refractivity contribution in [2.75, 3.05) is 27.2 Å². The zero-order valence-electron chi connectivity index (χ0n) is 13.9. The van der Waals surface area contributed by atoms with E-state index in [1.54, 1.807) is 12.1 Å². The maximum absolute atomic E-state index is 13.0. The summed E-state index contributed by atoms with van der Waals surface area (Å²) < 4.78 is 46.2. The van der Waals surface area contributed by atoms with E-state index >= 15 is 0 Å². The number of para-hydroxylation sites is 1. The summed E-state index contributed by atoms with van der Waals surface area (Å²) in [6, 6.07) is 12.4. The average Bonchev–Trinajstić information content (AvgIpc) is 2.93. The zero-order valence-corrected chi connectivity index (χ0v) is 13.9. The van der Waals surface area contributed by atoms with Crippen LogP contribution in [0.25, 0.3) is 16.6 Å². The van der Waals surface area contributed by atoms with Crippen LogP contribution in [0.4, 0.5) is 13.2 Å². The summed E-state index contributed by atoms with van der Waals surface area (Å²) in [6.07, 6.45) is -4.40. The summed E-state index contributed by atoms with van der Waals surface area (Å²) in [5, 5.41) is 5.15. The number of halogens is 3. The highest BCUT2D eigenvalue weighted by atomic mass is 19.4. The van der Waals surface area contributed by atoms with Crippen LogP contribution in [0, 0.1) is 0 Å². The molecule has 0 aliphatic carbocycles. The molecule has 0 amide bonds. The van der Waals surface area contributed by atoms with E-state index in [9.17, 15) is 13.2 Å². The highest BCUT2D eigenvalue weighted by Gasteiger charge is 2.30. The molecule has 0 spiro atoms. The van der Waals surface area contributed by atoms with E-state index in [4.69, 9.17) is 4.74 Å². The molecule has 0 atom stereocenters. The number of fused-ring (bicyclic) bond motifs is 1. The molecule has 25 heavy (non-hydrogen) atoms. The molecule has 7 heteroatoms. The van der Waals surface area contributed by atoms with Crippen molar-refractivity contribution in [3.8, 4) is 11.6 Å². The summed E-state index contributed by atoms with van der Waals surface area (Å²) in [7, 11) is 3.87. The predicted octanol–water partition coefficient (Wildman–Crippen LogP) is 3.98. The van der Waals surface area contributed by atoms with Gasteiger partial charge >= 0.3 is 6.18 Å². The number of ether oxygens (including phenoxy) is 1. The highest BCUT2D eigenvalue weighted by Crippen LogP contribution is 2.32. The third-order valence-corrected chi connectivity index (χ3v) is 3.75. The molecule has 0 fully saturated rings. The number of benzene rings is 2. The Morgan fingerprint density at radius 3 is 2.56 bits per heavy atom. The van der Waals surface area contributed by atoms with Crippen LogP contribution in [-0.4, -0.2) is 41.9 Å². The van der Waals surface area contributed by atoms with E-state index in [2.05, 4.69) is 5.10 Å². The molecule has 2 aromatic carbocycles. The van der Waals surface area contributed by atoms with Gasteiger partial charge < -0.3 is 9.64 Å². The molecule has 0 radical (unpaired) electrons. The van der Waals surface area contributed by atoms with Crippen molar-refractivity contribution < 1.29 is 17.9 Å². The Balaban J connectivity index is 2.02. The lowest BCUT2D eigenvalue weighted by molar-refractivity contribution is -0.137. The van der Waals surface area contributed by atoms with Crippen LogP contribution in [-0.2, 0) is 6.18 Å². The summed E-state index contributed by atoms with van der Waals surface area (Å²) in [5.41, 5.74) is 0.329. The van der Waals surface area contributed by atoms with Gasteiger partial charge in [0.15, 0.2) is 0 Å². The SMILES string of the molecule is CN(C)CCOc1nn(-c2cccc(C(F)(F)F)c2)c2ccccc12. The summed E-state index contributed by atoms with van der Waals surface area (Å²) in [4.78, 5) is 1.98. The molecule has 0 N–H and O–H groups in total. The molecule has 132 valence electrons. The van der Waals surface area contributed by atoms with Gasteiger partial charge in [0.05, 0.1) is 22.2 Å². The first-order valence-corrected chi connectivity index (χ1v) is 7.79. The largest absolute Gasteiger partial charge is 0.475 e. The number of hydrogen-bond acceptors (Lipinski definition) is 3. The Morgan fingerprint density at radius 1 is 1.08 bits per heavy atom. The van der Waals surface area contributed by atoms with Crippen LogP contribution in [0.1, 0.15) is 5.56 Å². The van der Waals surface area contributed by atoms with Gasteiger partial charge in [-0.2, -0.15) is 13.2 Å². The van der Waals surface area contributed by atoms with Gasteiger partial charge in [0.25, 0.3) is 0 Å². The lowest BCUT2D eigenvalue weighted by Gasteiger charge is -2.10. The molecule has 0 aliphatic heterocycles. The Hall–Kier alpha value is -2.54. The standard InChI is InChI=1S/C18H18F3N3O/c1-23(2)10-11-25-17-15-8-3-4-9-16(15)24(22-17)14-7-5-6-13(12-14)18(19,20)21/h3-9,12H,10-11H2,1-2H3. The number of hydrogen-bond donors (Lipinski definition) is 0. The predicted molar refractivity (Wildman–Crippen MR) is 90.1 cm³/mol. The third kappa shape index (κ3) is 3.76. The zero-order chi connectivity index (χ0) is 18.0. The van der Waals surface area contributed by atoms with Crippen molar-refractivity contribution in [2.24, 2.45) is 0 Å². The number of aromatic nitrogens is 2. The van der Waals surface area contributed by atoms with Crippen LogP contribution in [0.3, 0.4) is 0 Å². The first kappa shape index (κ1) is 17.3. The van der Waals surface area contributed by atoms with E-state index in [-0.39, 0.29) is 0 Å². The fourth-order valence-corrected chi connectivity index (χ4v) is 2.48. The van der Waals surface area contributed by atoms with Crippen LogP contribution in [0.15, 0.2) is 48.5 Å². The lowest BCUT2D eigenvalue weighted by atomic mass is 10.2. The first-order chi connectivity index (χ1) is 11.9. The molecule has 3 aromatic rings. The van der Waals surface area contributed by atoms with Crippen molar-refractivity contribution in [1.82, 2.24) is 14.7 Å². The van der Waals surface area contributed by atoms with Gasteiger partial charge in [0.1, 0.15) is 6.61 Å². The quantitative estimate of drug-likeness (QED) is 0.698. The van der Waals surface area contributed by atoms with E-state index < -0.39 is 11.7 Å². The van der Waals surface area contributed by atoms with Gasteiger partial charge in [-0.1, -0.05) is 18.2 Å². The smallest absolute Gasteiger partial charge is 0.416 e. The fraction of sp³-hybridized carbons (Fsp3) is 0.278. The minimum absolute atomic E-state index is 0.341. The van der Waals surface area contributed by atoms with Crippen molar-refractivity contribution in [3.63, 3.8) is 0 Å². The number of likely N-dealkylation sites (N-methyl/N-ethyl adjacent to an activating group) is 1. The number of rotatable bonds is 5. The van der Waals surface area contributed by atoms with Crippen molar-refractivity contribution in [2.45, 2.75) is 6.18 Å². The second-order valence-corrected chi connectivity index (χ2v) is 5.93. The third-order valence-electron chi connectivity index (χ3n) is 3.75. The van der Waals surface area contributed by atoms with Gasteiger partial charge in [-0.05, 0) is 44.4 Å². The second kappa shape index (κ2) is 6.76. The molecule has 1 heterocycles. The monoisotopic (exact) mass is 349 g/mol. The first-order valence-electron chi connectivity index (χ1n) is 7.79. The molecule has 4 nitrogen and oxygen atoms in total. The maximum Gasteiger partial charge on any atom is 0.416 e. The van der Waals surface area contributed by atoms with Gasteiger partial charge in [-0.15, -0.1) is 5.10 Å². The minimum Gasteiger partial charge on any atom is -0.475 e. The average molecular weight is 349 g/mol. The topological polar surface area (TPSA) is 30.3 Å². The Bertz CT molecular complexity index is 871. The van der Waals surface area contributed by atoms with Crippen molar-refractivity contribution in [3.05, 3.63) is 54.1 Å². The van der Waals surface area contributed by atoms with Gasteiger partial charge in [0.2, 0.25) is 5.88 Å².